The molecule has 102 valence electrons. The molecule has 0 amide bonds. The van der Waals surface area contributed by atoms with E-state index >= 15 is 0 Å². The van der Waals surface area contributed by atoms with E-state index in [1.807, 2.05) is 13.1 Å². The van der Waals surface area contributed by atoms with E-state index in [-0.39, 0.29) is 0 Å². The van der Waals surface area contributed by atoms with Crippen LogP contribution in [0.15, 0.2) is 18.5 Å². The van der Waals surface area contributed by atoms with E-state index < -0.39 is 0 Å². The lowest BCUT2D eigenvalue weighted by Gasteiger charge is -2.19. The van der Waals surface area contributed by atoms with Gasteiger partial charge in [-0.3, -0.25) is 4.98 Å². The summed E-state index contributed by atoms with van der Waals surface area (Å²) >= 11 is 0. The quantitative estimate of drug-likeness (QED) is 0.768. The summed E-state index contributed by atoms with van der Waals surface area (Å²) in [4.78, 5) is 4.25. The number of pyridine rings is 1. The third kappa shape index (κ3) is 5.05. The average molecular weight is 250 g/mol. The smallest absolute Gasteiger partial charge is 0.137 e. The first-order chi connectivity index (χ1) is 8.67. The molecule has 18 heavy (non-hydrogen) atoms. The van der Waals surface area contributed by atoms with Gasteiger partial charge in [0, 0.05) is 12.2 Å². The highest BCUT2D eigenvalue weighted by Gasteiger charge is 2.11. The van der Waals surface area contributed by atoms with Gasteiger partial charge in [-0.1, -0.05) is 13.8 Å². The molecule has 1 aromatic heterocycles. The van der Waals surface area contributed by atoms with Crippen molar-refractivity contribution in [3.63, 3.8) is 0 Å². The fourth-order valence-electron chi connectivity index (χ4n) is 2.09. The Balaban J connectivity index is 2.54. The molecular formula is C15H26N2O. The van der Waals surface area contributed by atoms with Crippen LogP contribution in [0.4, 0.5) is 0 Å². The normalized spacial score (nSPS) is 14.2. The van der Waals surface area contributed by atoms with E-state index in [1.165, 1.54) is 12.0 Å². The molecular weight excluding hydrogens is 224 g/mol. The molecule has 1 rings (SSSR count). The minimum absolute atomic E-state index is 0.497. The van der Waals surface area contributed by atoms with Gasteiger partial charge >= 0.3 is 0 Å². The van der Waals surface area contributed by atoms with Crippen LogP contribution in [-0.2, 0) is 0 Å². The maximum atomic E-state index is 5.49. The lowest BCUT2D eigenvalue weighted by atomic mass is 9.95. The first-order valence-electron chi connectivity index (χ1n) is 6.98. The Bertz CT molecular complexity index is 341. The van der Waals surface area contributed by atoms with Crippen LogP contribution >= 0.6 is 0 Å². The molecule has 0 spiro atoms. The van der Waals surface area contributed by atoms with Crippen molar-refractivity contribution in [3.05, 3.63) is 24.0 Å². The molecule has 0 aliphatic heterocycles. The molecule has 3 heteroatoms. The molecule has 3 nitrogen and oxygen atoms in total. The Morgan fingerprint density at radius 3 is 2.72 bits per heavy atom. The topological polar surface area (TPSA) is 34.2 Å². The zero-order valence-corrected chi connectivity index (χ0v) is 12.1. The minimum atomic E-state index is 0.497. The second-order valence-corrected chi connectivity index (χ2v) is 4.88. The molecule has 1 aromatic rings. The van der Waals surface area contributed by atoms with Crippen molar-refractivity contribution < 1.29 is 4.74 Å². The predicted molar refractivity (Wildman–Crippen MR) is 76.2 cm³/mol. The molecule has 1 heterocycles. The van der Waals surface area contributed by atoms with Crippen molar-refractivity contribution in [2.75, 3.05) is 13.2 Å². The fraction of sp³-hybridized carbons (Fsp3) is 0.667. The van der Waals surface area contributed by atoms with Crippen molar-refractivity contribution in [1.29, 1.82) is 0 Å². The summed E-state index contributed by atoms with van der Waals surface area (Å²) in [6, 6.07) is 2.64. The maximum absolute atomic E-state index is 5.49. The summed E-state index contributed by atoms with van der Waals surface area (Å²) in [5.41, 5.74) is 1.26. The third-order valence-corrected chi connectivity index (χ3v) is 3.06. The Morgan fingerprint density at radius 1 is 1.28 bits per heavy atom. The lowest BCUT2D eigenvalue weighted by molar-refractivity contribution is 0.338. The van der Waals surface area contributed by atoms with E-state index in [0.29, 0.717) is 18.6 Å². The number of rotatable bonds is 8. The molecule has 0 aromatic carbocycles. The van der Waals surface area contributed by atoms with Gasteiger partial charge in [0.15, 0.2) is 0 Å². The van der Waals surface area contributed by atoms with Gasteiger partial charge in [0.1, 0.15) is 5.75 Å². The van der Waals surface area contributed by atoms with E-state index in [4.69, 9.17) is 4.74 Å². The van der Waals surface area contributed by atoms with Crippen LogP contribution in [0.5, 0.6) is 5.75 Å². The zero-order chi connectivity index (χ0) is 13.4. The largest absolute Gasteiger partial charge is 0.492 e. The van der Waals surface area contributed by atoms with Gasteiger partial charge in [-0.25, -0.2) is 0 Å². The van der Waals surface area contributed by atoms with Gasteiger partial charge in [0.25, 0.3) is 0 Å². The number of nitrogens with one attached hydrogen (secondary N) is 1. The molecule has 0 bridgehead atoms. The lowest BCUT2D eigenvalue weighted by Crippen LogP contribution is -2.28. The summed E-state index contributed by atoms with van der Waals surface area (Å²) in [6.07, 6.45) is 6.02. The maximum Gasteiger partial charge on any atom is 0.137 e. The van der Waals surface area contributed by atoms with Gasteiger partial charge in [-0.15, -0.1) is 0 Å². The SMILES string of the molecule is CCCNC(C)CC(C)c1cncc(OCC)c1. The monoisotopic (exact) mass is 250 g/mol. The summed E-state index contributed by atoms with van der Waals surface area (Å²) in [5, 5.41) is 3.52. The van der Waals surface area contributed by atoms with Gasteiger partial charge in [-0.2, -0.15) is 0 Å². The number of aromatic nitrogens is 1. The van der Waals surface area contributed by atoms with E-state index in [2.05, 4.69) is 37.1 Å². The second kappa shape index (κ2) is 8.09. The first kappa shape index (κ1) is 15.0. The van der Waals surface area contributed by atoms with Crippen molar-refractivity contribution in [1.82, 2.24) is 10.3 Å². The Kier molecular flexibility index (Phi) is 6.73. The summed E-state index contributed by atoms with van der Waals surface area (Å²) < 4.78 is 5.49. The van der Waals surface area contributed by atoms with E-state index in [1.54, 1.807) is 6.20 Å². The zero-order valence-electron chi connectivity index (χ0n) is 12.1. The molecule has 0 radical (unpaired) electrons. The van der Waals surface area contributed by atoms with Gasteiger partial charge in [0.2, 0.25) is 0 Å². The summed E-state index contributed by atoms with van der Waals surface area (Å²) in [6.45, 7) is 10.5. The van der Waals surface area contributed by atoms with E-state index in [0.717, 1.165) is 18.7 Å². The van der Waals surface area contributed by atoms with Gasteiger partial charge < -0.3 is 10.1 Å². The van der Waals surface area contributed by atoms with Crippen LogP contribution in [0.1, 0.15) is 52.0 Å². The number of nitrogens with zero attached hydrogens (tertiary/aromatic N) is 1. The number of hydrogen-bond donors (Lipinski definition) is 1. The Morgan fingerprint density at radius 2 is 2.06 bits per heavy atom. The highest BCUT2D eigenvalue weighted by molar-refractivity contribution is 5.26. The van der Waals surface area contributed by atoms with Crippen molar-refractivity contribution in [2.45, 2.75) is 52.5 Å². The summed E-state index contributed by atoms with van der Waals surface area (Å²) in [5.74, 6) is 1.37. The van der Waals surface area contributed by atoms with Crippen LogP contribution in [-0.4, -0.2) is 24.2 Å². The molecule has 2 atom stereocenters. The van der Waals surface area contributed by atoms with Crippen LogP contribution in [0.3, 0.4) is 0 Å². The highest BCUT2D eigenvalue weighted by Crippen LogP contribution is 2.23. The molecule has 2 unspecified atom stereocenters. The molecule has 0 saturated heterocycles. The van der Waals surface area contributed by atoms with Crippen molar-refractivity contribution in [2.24, 2.45) is 0 Å². The molecule has 0 aliphatic rings. The van der Waals surface area contributed by atoms with Gasteiger partial charge in [-0.05, 0) is 50.8 Å². The number of ether oxygens (including phenoxy) is 1. The average Bonchev–Trinajstić information content (AvgIpc) is 2.37. The van der Waals surface area contributed by atoms with E-state index in [9.17, 15) is 0 Å². The van der Waals surface area contributed by atoms with Crippen molar-refractivity contribution in [3.8, 4) is 5.75 Å². The van der Waals surface area contributed by atoms with Crippen LogP contribution < -0.4 is 10.1 Å². The van der Waals surface area contributed by atoms with Crippen molar-refractivity contribution >= 4 is 0 Å². The molecule has 0 fully saturated rings. The second-order valence-electron chi connectivity index (χ2n) is 4.88. The standard InChI is InChI=1S/C15H26N2O/c1-5-7-17-13(4)8-12(3)14-9-15(18-6-2)11-16-10-14/h9-13,17H,5-8H2,1-4H3. The minimum Gasteiger partial charge on any atom is -0.492 e. The Hall–Kier alpha value is -1.09. The van der Waals surface area contributed by atoms with Gasteiger partial charge in [0.05, 0.1) is 12.8 Å². The molecule has 0 aliphatic carbocycles. The molecule has 0 saturated carbocycles. The third-order valence-electron chi connectivity index (χ3n) is 3.06. The van der Waals surface area contributed by atoms with Crippen LogP contribution in [0.25, 0.3) is 0 Å². The van der Waals surface area contributed by atoms with Crippen LogP contribution in [0, 0.1) is 0 Å². The summed E-state index contributed by atoms with van der Waals surface area (Å²) in [7, 11) is 0. The highest BCUT2D eigenvalue weighted by atomic mass is 16.5. The van der Waals surface area contributed by atoms with Crippen LogP contribution in [0.2, 0.25) is 0 Å². The molecule has 1 N–H and O–H groups in total. The number of hydrogen-bond acceptors (Lipinski definition) is 3. The first-order valence-corrected chi connectivity index (χ1v) is 6.98. The predicted octanol–water partition coefficient (Wildman–Crippen LogP) is 3.36. The Labute approximate surface area is 111 Å². The fourth-order valence-corrected chi connectivity index (χ4v) is 2.09.